The normalized spacial score (nSPS) is 18.5. The first-order chi connectivity index (χ1) is 10.2. The van der Waals surface area contributed by atoms with Gasteiger partial charge in [0.25, 0.3) is 0 Å². The lowest BCUT2D eigenvalue weighted by Crippen LogP contribution is -2.28. The van der Waals surface area contributed by atoms with Crippen LogP contribution in [0.5, 0.6) is 0 Å². The first-order valence-electron chi connectivity index (χ1n) is 7.41. The summed E-state index contributed by atoms with van der Waals surface area (Å²) >= 11 is 0. The van der Waals surface area contributed by atoms with Gasteiger partial charge in [-0.25, -0.2) is 4.98 Å². The molecular weight excluding hydrogens is 266 g/mol. The zero-order valence-electron chi connectivity index (χ0n) is 12.2. The first kappa shape index (κ1) is 13.9. The van der Waals surface area contributed by atoms with Crippen molar-refractivity contribution < 1.29 is 4.79 Å². The van der Waals surface area contributed by atoms with Crippen LogP contribution in [0.3, 0.4) is 0 Å². The van der Waals surface area contributed by atoms with E-state index >= 15 is 0 Å². The molecule has 1 atom stereocenters. The molecule has 1 aliphatic heterocycles. The van der Waals surface area contributed by atoms with Gasteiger partial charge in [0.2, 0.25) is 5.91 Å². The van der Waals surface area contributed by atoms with Gasteiger partial charge in [-0.05, 0) is 25.1 Å². The molecule has 0 saturated carbocycles. The van der Waals surface area contributed by atoms with Crippen LogP contribution in [0.4, 0.5) is 5.82 Å². The predicted molar refractivity (Wildman–Crippen MR) is 82.1 cm³/mol. The maximum absolute atomic E-state index is 11.4. The molecule has 6 nitrogen and oxygen atoms in total. The number of hydrogen-bond acceptors (Lipinski definition) is 4. The van der Waals surface area contributed by atoms with Gasteiger partial charge >= 0.3 is 0 Å². The summed E-state index contributed by atoms with van der Waals surface area (Å²) in [6, 6.07) is 5.99. The number of primary amides is 1. The number of nitrogens with one attached hydrogen (secondary N) is 1. The zero-order valence-corrected chi connectivity index (χ0v) is 12.2. The third-order valence-corrected chi connectivity index (χ3v) is 4.04. The highest BCUT2D eigenvalue weighted by Crippen LogP contribution is 2.27. The Bertz CT molecular complexity index is 651. The van der Waals surface area contributed by atoms with E-state index in [2.05, 4.69) is 21.5 Å². The third-order valence-electron chi connectivity index (χ3n) is 4.04. The molecule has 1 unspecified atom stereocenters. The van der Waals surface area contributed by atoms with Crippen LogP contribution < -0.4 is 16.0 Å². The van der Waals surface area contributed by atoms with Gasteiger partial charge in [-0.1, -0.05) is 13.0 Å². The molecule has 2 aromatic rings. The number of pyridine rings is 1. The molecule has 0 radical (unpaired) electrons. The number of hydrogen-bond donors (Lipinski definition) is 2. The number of aromatic nitrogens is 2. The van der Waals surface area contributed by atoms with E-state index in [1.807, 2.05) is 24.4 Å². The summed E-state index contributed by atoms with van der Waals surface area (Å²) < 4.78 is 2.11. The lowest BCUT2D eigenvalue weighted by atomic mass is 10.1. The summed E-state index contributed by atoms with van der Waals surface area (Å²) in [5, 5.41) is 3.36. The van der Waals surface area contributed by atoms with Crippen LogP contribution in [-0.2, 0) is 11.3 Å². The summed E-state index contributed by atoms with van der Waals surface area (Å²) in [6.45, 7) is 5.25. The molecule has 1 aliphatic rings. The number of amides is 1. The highest BCUT2D eigenvalue weighted by atomic mass is 16.1. The van der Waals surface area contributed by atoms with E-state index < -0.39 is 0 Å². The van der Waals surface area contributed by atoms with Crippen LogP contribution in [0.15, 0.2) is 24.4 Å². The fourth-order valence-corrected chi connectivity index (χ4v) is 2.88. The maximum Gasteiger partial charge on any atom is 0.222 e. The van der Waals surface area contributed by atoms with Crippen molar-refractivity contribution in [3.8, 4) is 0 Å². The molecule has 0 spiro atoms. The molecule has 0 aromatic carbocycles. The Labute approximate surface area is 123 Å². The van der Waals surface area contributed by atoms with E-state index in [0.717, 1.165) is 43.2 Å². The van der Waals surface area contributed by atoms with Crippen molar-refractivity contribution in [2.45, 2.75) is 19.9 Å². The number of rotatable bonds is 5. The average molecular weight is 287 g/mol. The van der Waals surface area contributed by atoms with Crippen molar-refractivity contribution in [3.05, 3.63) is 30.1 Å². The Hall–Kier alpha value is -2.08. The predicted octanol–water partition coefficient (Wildman–Crippen LogP) is 0.755. The minimum absolute atomic E-state index is 0.0678. The van der Waals surface area contributed by atoms with E-state index in [0.29, 0.717) is 6.54 Å². The summed E-state index contributed by atoms with van der Waals surface area (Å²) in [6.07, 6.45) is 2.84. The summed E-state index contributed by atoms with van der Waals surface area (Å²) in [5.74, 6) is 0.683. The topological polar surface area (TPSA) is 75.7 Å². The number of carbonyl (C=O) groups excluding carboxylic acids is 1. The largest absolute Gasteiger partial charge is 0.369 e. The molecule has 3 heterocycles. The fraction of sp³-hybridized carbons (Fsp3) is 0.467. The van der Waals surface area contributed by atoms with Crippen LogP contribution in [0.2, 0.25) is 0 Å². The number of anilines is 1. The van der Waals surface area contributed by atoms with Gasteiger partial charge in [0, 0.05) is 25.8 Å². The number of carbonyl (C=O) groups is 1. The average Bonchev–Trinajstić information content (AvgIpc) is 3.09. The quantitative estimate of drug-likeness (QED) is 0.851. The van der Waals surface area contributed by atoms with Crippen molar-refractivity contribution in [1.29, 1.82) is 0 Å². The molecule has 1 fully saturated rings. The molecule has 2 aromatic heterocycles. The first-order valence-corrected chi connectivity index (χ1v) is 7.41. The van der Waals surface area contributed by atoms with Crippen molar-refractivity contribution in [2.24, 2.45) is 11.7 Å². The maximum atomic E-state index is 11.4. The SMILES string of the molecule is CCNCc1c(N2CCC(C(N)=O)C2)nc2ccccn12. The minimum Gasteiger partial charge on any atom is -0.369 e. The molecule has 3 rings (SSSR count). The Balaban J connectivity index is 1.95. The molecule has 21 heavy (non-hydrogen) atoms. The second-order valence-electron chi connectivity index (χ2n) is 5.43. The smallest absolute Gasteiger partial charge is 0.222 e. The highest BCUT2D eigenvalue weighted by Gasteiger charge is 2.29. The van der Waals surface area contributed by atoms with E-state index in [9.17, 15) is 4.79 Å². The highest BCUT2D eigenvalue weighted by molar-refractivity contribution is 5.78. The summed E-state index contributed by atoms with van der Waals surface area (Å²) in [4.78, 5) is 18.3. The van der Waals surface area contributed by atoms with Crippen molar-refractivity contribution in [3.63, 3.8) is 0 Å². The second-order valence-corrected chi connectivity index (χ2v) is 5.43. The molecule has 6 heteroatoms. The number of nitrogens with zero attached hydrogens (tertiary/aromatic N) is 3. The molecule has 3 N–H and O–H groups in total. The van der Waals surface area contributed by atoms with Crippen molar-refractivity contribution >= 4 is 17.4 Å². The Kier molecular flexibility index (Phi) is 3.79. The van der Waals surface area contributed by atoms with Gasteiger partial charge in [0.05, 0.1) is 11.6 Å². The van der Waals surface area contributed by atoms with Crippen LogP contribution in [0, 0.1) is 5.92 Å². The third kappa shape index (κ3) is 2.58. The molecular formula is C15H21N5O. The van der Waals surface area contributed by atoms with Gasteiger partial charge in [0.1, 0.15) is 5.65 Å². The lowest BCUT2D eigenvalue weighted by Gasteiger charge is -2.17. The lowest BCUT2D eigenvalue weighted by molar-refractivity contribution is -0.121. The minimum atomic E-state index is -0.213. The standard InChI is InChI=1S/C15H21N5O/c1-2-17-9-12-15(18-13-5-3-4-7-20(12)13)19-8-6-11(10-19)14(16)21/h3-5,7,11,17H,2,6,8-10H2,1H3,(H2,16,21). The van der Waals surface area contributed by atoms with Crippen LogP contribution in [-0.4, -0.2) is 34.9 Å². The molecule has 1 amide bonds. The molecule has 112 valence electrons. The van der Waals surface area contributed by atoms with Crippen LogP contribution in [0.1, 0.15) is 19.0 Å². The van der Waals surface area contributed by atoms with Gasteiger partial charge in [0.15, 0.2) is 5.82 Å². The van der Waals surface area contributed by atoms with E-state index in [-0.39, 0.29) is 11.8 Å². The Morgan fingerprint density at radius 2 is 2.38 bits per heavy atom. The van der Waals surface area contributed by atoms with Crippen molar-refractivity contribution in [2.75, 3.05) is 24.5 Å². The van der Waals surface area contributed by atoms with E-state index in [4.69, 9.17) is 10.7 Å². The summed E-state index contributed by atoms with van der Waals surface area (Å²) in [5.41, 5.74) is 7.50. The number of imidazole rings is 1. The second kappa shape index (κ2) is 5.73. The van der Waals surface area contributed by atoms with E-state index in [1.54, 1.807) is 0 Å². The van der Waals surface area contributed by atoms with Gasteiger partial charge in [-0.2, -0.15) is 0 Å². The van der Waals surface area contributed by atoms with Crippen molar-refractivity contribution in [1.82, 2.24) is 14.7 Å². The van der Waals surface area contributed by atoms with Gasteiger partial charge in [-0.3, -0.25) is 4.79 Å². The Morgan fingerprint density at radius 1 is 1.52 bits per heavy atom. The van der Waals surface area contributed by atoms with E-state index in [1.165, 1.54) is 0 Å². The number of fused-ring (bicyclic) bond motifs is 1. The van der Waals surface area contributed by atoms with Gasteiger partial charge in [-0.15, -0.1) is 0 Å². The summed E-state index contributed by atoms with van der Waals surface area (Å²) in [7, 11) is 0. The molecule has 1 saturated heterocycles. The molecule has 0 bridgehead atoms. The molecule has 0 aliphatic carbocycles. The monoisotopic (exact) mass is 287 g/mol. The Morgan fingerprint density at radius 3 is 3.10 bits per heavy atom. The van der Waals surface area contributed by atoms with Gasteiger partial charge < -0.3 is 20.4 Å². The zero-order chi connectivity index (χ0) is 14.8. The van der Waals surface area contributed by atoms with Crippen LogP contribution in [0.25, 0.3) is 5.65 Å². The fourth-order valence-electron chi connectivity index (χ4n) is 2.88. The van der Waals surface area contributed by atoms with Crippen LogP contribution >= 0.6 is 0 Å². The number of nitrogens with two attached hydrogens (primary N) is 1.